The Morgan fingerprint density at radius 2 is 2.00 bits per heavy atom. The van der Waals surface area contributed by atoms with Crippen LogP contribution in [0.1, 0.15) is 5.56 Å². The average molecular weight is 281 g/mol. The number of anilines is 1. The Morgan fingerprint density at radius 3 is 2.68 bits per heavy atom. The van der Waals surface area contributed by atoms with Crippen LogP contribution in [0.5, 0.6) is 0 Å². The van der Waals surface area contributed by atoms with E-state index in [1.165, 1.54) is 0 Å². The minimum Gasteiger partial charge on any atom is -0.375 e. The summed E-state index contributed by atoms with van der Waals surface area (Å²) in [6, 6.07) is 10.4. The number of hydrogen-bond acceptors (Lipinski definition) is 3. The number of hydrogen-bond donors (Lipinski definition) is 1. The maximum Gasteiger partial charge on any atom is 0.292 e. The number of benzene rings is 2. The molecule has 0 saturated heterocycles. The molecule has 0 aliphatic carbocycles. The van der Waals surface area contributed by atoms with Crippen LogP contribution in [0.4, 0.5) is 15.8 Å². The summed E-state index contributed by atoms with van der Waals surface area (Å²) in [5.74, 6) is -0.535. The Hall–Kier alpha value is -2.14. The van der Waals surface area contributed by atoms with Crippen LogP contribution in [0.15, 0.2) is 42.5 Å². The molecule has 4 nitrogen and oxygen atoms in total. The van der Waals surface area contributed by atoms with E-state index >= 15 is 0 Å². The number of rotatable bonds is 4. The molecule has 2 rings (SSSR count). The molecule has 0 atom stereocenters. The number of nitro benzene ring substituents is 1. The first-order chi connectivity index (χ1) is 9.08. The molecule has 0 saturated carbocycles. The van der Waals surface area contributed by atoms with Crippen molar-refractivity contribution in [3.05, 3.63) is 69.0 Å². The summed E-state index contributed by atoms with van der Waals surface area (Å²) in [5.41, 5.74) is 0.737. The first-order valence-corrected chi connectivity index (χ1v) is 5.87. The van der Waals surface area contributed by atoms with Gasteiger partial charge in [0.2, 0.25) is 0 Å². The van der Waals surface area contributed by atoms with Gasteiger partial charge in [-0.1, -0.05) is 29.8 Å². The first kappa shape index (κ1) is 13.3. The van der Waals surface area contributed by atoms with E-state index in [0.29, 0.717) is 5.02 Å². The zero-order valence-corrected chi connectivity index (χ0v) is 10.5. The lowest BCUT2D eigenvalue weighted by atomic mass is 10.2. The van der Waals surface area contributed by atoms with Gasteiger partial charge in [0, 0.05) is 23.7 Å². The van der Waals surface area contributed by atoms with Gasteiger partial charge in [0.05, 0.1) is 4.92 Å². The van der Waals surface area contributed by atoms with Gasteiger partial charge in [0.15, 0.2) is 0 Å². The highest BCUT2D eigenvalue weighted by Gasteiger charge is 2.14. The van der Waals surface area contributed by atoms with Gasteiger partial charge in [-0.15, -0.1) is 0 Å². The zero-order chi connectivity index (χ0) is 13.8. The summed E-state index contributed by atoms with van der Waals surface area (Å²) in [6.45, 7) is 0.282. The fraction of sp³-hybridized carbons (Fsp3) is 0.0769. The molecular weight excluding hydrogens is 271 g/mol. The lowest BCUT2D eigenvalue weighted by Crippen LogP contribution is -2.03. The van der Waals surface area contributed by atoms with Gasteiger partial charge in [0.25, 0.3) is 5.69 Å². The van der Waals surface area contributed by atoms with Crippen molar-refractivity contribution < 1.29 is 9.31 Å². The van der Waals surface area contributed by atoms with Gasteiger partial charge >= 0.3 is 0 Å². The van der Waals surface area contributed by atoms with Crippen LogP contribution in [-0.2, 0) is 6.54 Å². The Bertz CT molecular complexity index is 619. The fourth-order valence-electron chi connectivity index (χ4n) is 1.64. The van der Waals surface area contributed by atoms with E-state index in [2.05, 4.69) is 5.32 Å². The summed E-state index contributed by atoms with van der Waals surface area (Å²) in [5, 5.41) is 14.2. The van der Waals surface area contributed by atoms with Gasteiger partial charge in [-0.3, -0.25) is 10.1 Å². The van der Waals surface area contributed by atoms with Crippen LogP contribution < -0.4 is 5.32 Å². The van der Waals surface area contributed by atoms with E-state index in [1.54, 1.807) is 18.2 Å². The van der Waals surface area contributed by atoms with Crippen LogP contribution in [-0.4, -0.2) is 4.92 Å². The van der Waals surface area contributed by atoms with Crippen LogP contribution in [0.25, 0.3) is 0 Å². The normalized spacial score (nSPS) is 10.2. The van der Waals surface area contributed by atoms with Gasteiger partial charge in [-0.05, 0) is 17.7 Å². The third kappa shape index (κ3) is 3.20. The predicted octanol–water partition coefficient (Wildman–Crippen LogP) is 4.00. The molecule has 19 heavy (non-hydrogen) atoms. The molecule has 0 aliphatic rings. The third-order valence-electron chi connectivity index (χ3n) is 2.58. The summed E-state index contributed by atoms with van der Waals surface area (Å²) >= 11 is 5.98. The van der Waals surface area contributed by atoms with Gasteiger partial charge in [-0.25, -0.2) is 4.39 Å². The second-order valence-corrected chi connectivity index (χ2v) is 4.27. The van der Waals surface area contributed by atoms with Crippen LogP contribution in [0, 0.1) is 15.9 Å². The van der Waals surface area contributed by atoms with E-state index in [4.69, 9.17) is 11.6 Å². The highest BCUT2D eigenvalue weighted by atomic mass is 35.5. The Kier molecular flexibility index (Phi) is 3.97. The van der Waals surface area contributed by atoms with Crippen molar-refractivity contribution in [2.75, 3.05) is 5.32 Å². The molecule has 98 valence electrons. The van der Waals surface area contributed by atoms with Crippen molar-refractivity contribution in [1.29, 1.82) is 0 Å². The minimum atomic E-state index is -0.561. The third-order valence-corrected chi connectivity index (χ3v) is 2.95. The lowest BCUT2D eigenvalue weighted by molar-refractivity contribution is -0.384. The van der Waals surface area contributed by atoms with Crippen molar-refractivity contribution in [2.45, 2.75) is 6.54 Å². The Balaban J connectivity index is 2.22. The standard InChI is InChI=1S/C13H10ClFN2O2/c14-11-4-2-1-3-9(11)8-16-12-7-10(15)5-6-13(12)17(18)19/h1-7,16H,8H2. The molecule has 0 fully saturated rings. The van der Waals surface area contributed by atoms with E-state index in [-0.39, 0.29) is 17.9 Å². The molecule has 0 amide bonds. The van der Waals surface area contributed by atoms with Crippen molar-refractivity contribution >= 4 is 23.0 Å². The second kappa shape index (κ2) is 5.67. The van der Waals surface area contributed by atoms with E-state index in [9.17, 15) is 14.5 Å². The summed E-state index contributed by atoms with van der Waals surface area (Å²) in [6.07, 6.45) is 0. The van der Waals surface area contributed by atoms with E-state index in [0.717, 1.165) is 23.8 Å². The number of nitrogens with zero attached hydrogens (tertiary/aromatic N) is 1. The Labute approximate surface area is 114 Å². The highest BCUT2D eigenvalue weighted by Crippen LogP contribution is 2.26. The average Bonchev–Trinajstić information content (AvgIpc) is 2.37. The van der Waals surface area contributed by atoms with Crippen molar-refractivity contribution in [3.8, 4) is 0 Å². The molecule has 0 spiro atoms. The van der Waals surface area contributed by atoms with Gasteiger partial charge < -0.3 is 5.32 Å². The number of halogens is 2. The number of nitro groups is 1. The molecule has 0 heterocycles. The monoisotopic (exact) mass is 280 g/mol. The predicted molar refractivity (Wildman–Crippen MR) is 71.8 cm³/mol. The van der Waals surface area contributed by atoms with E-state index in [1.807, 2.05) is 6.07 Å². The molecule has 1 N–H and O–H groups in total. The zero-order valence-electron chi connectivity index (χ0n) is 9.77. The molecule has 0 aliphatic heterocycles. The SMILES string of the molecule is O=[N+]([O-])c1ccc(F)cc1NCc1ccccc1Cl. The minimum absolute atomic E-state index is 0.130. The maximum absolute atomic E-state index is 13.1. The van der Waals surface area contributed by atoms with Crippen LogP contribution >= 0.6 is 11.6 Å². The molecular formula is C13H10ClFN2O2. The van der Waals surface area contributed by atoms with Crippen molar-refractivity contribution in [3.63, 3.8) is 0 Å². The molecule has 6 heteroatoms. The smallest absolute Gasteiger partial charge is 0.292 e. The van der Waals surface area contributed by atoms with Gasteiger partial charge in [-0.2, -0.15) is 0 Å². The Morgan fingerprint density at radius 1 is 1.26 bits per heavy atom. The van der Waals surface area contributed by atoms with Crippen LogP contribution in [0.2, 0.25) is 5.02 Å². The summed E-state index contributed by atoms with van der Waals surface area (Å²) < 4.78 is 13.1. The molecule has 0 aromatic heterocycles. The van der Waals surface area contributed by atoms with Crippen molar-refractivity contribution in [2.24, 2.45) is 0 Å². The fourth-order valence-corrected chi connectivity index (χ4v) is 1.84. The first-order valence-electron chi connectivity index (χ1n) is 5.49. The topological polar surface area (TPSA) is 55.2 Å². The largest absolute Gasteiger partial charge is 0.375 e. The quantitative estimate of drug-likeness (QED) is 0.680. The highest BCUT2D eigenvalue weighted by molar-refractivity contribution is 6.31. The molecule has 0 unspecified atom stereocenters. The molecule has 2 aromatic carbocycles. The van der Waals surface area contributed by atoms with Crippen LogP contribution in [0.3, 0.4) is 0 Å². The molecule has 0 radical (unpaired) electrons. The van der Waals surface area contributed by atoms with Gasteiger partial charge in [0.1, 0.15) is 11.5 Å². The van der Waals surface area contributed by atoms with Crippen molar-refractivity contribution in [1.82, 2.24) is 0 Å². The molecule has 0 bridgehead atoms. The second-order valence-electron chi connectivity index (χ2n) is 3.86. The lowest BCUT2D eigenvalue weighted by Gasteiger charge is -2.08. The number of nitrogens with one attached hydrogen (secondary N) is 1. The molecule has 2 aromatic rings. The van der Waals surface area contributed by atoms with E-state index < -0.39 is 10.7 Å². The maximum atomic E-state index is 13.1. The summed E-state index contributed by atoms with van der Waals surface area (Å²) in [7, 11) is 0. The summed E-state index contributed by atoms with van der Waals surface area (Å²) in [4.78, 5) is 10.3.